The smallest absolute Gasteiger partial charge is 0.322 e. The number of benzene rings is 7. The molecule has 6 heterocycles. The van der Waals surface area contributed by atoms with E-state index in [4.69, 9.17) is 4.74 Å². The molecule has 0 radical (unpaired) electrons. The lowest BCUT2D eigenvalue weighted by molar-refractivity contribution is -0.148. The summed E-state index contributed by atoms with van der Waals surface area (Å²) in [4.78, 5) is 56.1. The van der Waals surface area contributed by atoms with Crippen molar-refractivity contribution in [1.82, 2.24) is 14.7 Å². The Balaban J connectivity index is 0.000000160. The average Bonchev–Trinajstić information content (AvgIpc) is 1.64. The van der Waals surface area contributed by atoms with Crippen LogP contribution in [-0.4, -0.2) is 135 Å². The van der Waals surface area contributed by atoms with Gasteiger partial charge in [-0.3, -0.25) is 42.9 Å². The van der Waals surface area contributed by atoms with Crippen molar-refractivity contribution in [3.63, 3.8) is 0 Å². The van der Waals surface area contributed by atoms with E-state index in [9.17, 15) is 67.5 Å². The van der Waals surface area contributed by atoms with Crippen LogP contribution in [0.25, 0.3) is 0 Å². The van der Waals surface area contributed by atoms with Gasteiger partial charge in [0.2, 0.25) is 37.8 Å². The summed E-state index contributed by atoms with van der Waals surface area (Å²) in [7, 11) is -5.58. The minimum absolute atomic E-state index is 0.00359. The van der Waals surface area contributed by atoms with Gasteiger partial charge in [0, 0.05) is 98.0 Å². The summed E-state index contributed by atoms with van der Waals surface area (Å²) in [5, 5.41) is 17.1. The second-order valence-corrected chi connectivity index (χ2v) is 32.7. The van der Waals surface area contributed by atoms with Crippen molar-refractivity contribution in [3.8, 4) is 0 Å². The first-order valence-electron chi connectivity index (χ1n) is 36.7. The summed E-state index contributed by atoms with van der Waals surface area (Å²) >= 11 is 0. The number of aliphatic hydroxyl groups is 1. The minimum Gasteiger partial charge on any atom is -0.468 e. The summed E-state index contributed by atoms with van der Waals surface area (Å²) < 4.78 is 140. The molecular formula is C81H96F6N8O10S2. The molecular weight excluding hydrogens is 1420 g/mol. The van der Waals surface area contributed by atoms with Crippen LogP contribution in [0.5, 0.6) is 0 Å². The number of rotatable bonds is 24. The van der Waals surface area contributed by atoms with E-state index in [2.05, 4.69) is 42.3 Å². The molecule has 6 bridgehead atoms. The fourth-order valence-electron chi connectivity index (χ4n) is 16.8. The number of amides is 3. The quantitative estimate of drug-likeness (QED) is 0.0281. The SMILES string of the molecule is COC(=O)[C@@H](C)N1C2CC[C@H]1CC(CC(=O)Nc1ccc(F)cc1F)C2.C[C@H](CN(c1ccccc1)S(=O)(=O)Cc1ccccc1)N1C2CC[C@H]1CC(CC(=O)Nc1ccc(F)cc1F)C2.C[C@H](CO)N1C2CC[C@H]1CC(CC(=O)Nc1ccc(F)cc1F)C2.O=S(=O)(Cc1ccccc1)Nc1ccccc1. The van der Waals surface area contributed by atoms with Gasteiger partial charge in [0.25, 0.3) is 0 Å². The van der Waals surface area contributed by atoms with Crippen molar-refractivity contribution >= 4 is 72.2 Å². The van der Waals surface area contributed by atoms with E-state index < -0.39 is 54.9 Å². The molecule has 7 aromatic rings. The number of nitrogens with zero attached hydrogens (tertiary/aromatic N) is 4. The highest BCUT2D eigenvalue weighted by Crippen LogP contribution is 2.45. The van der Waals surface area contributed by atoms with E-state index in [1.54, 1.807) is 40.7 Å². The number of piperidine rings is 3. The van der Waals surface area contributed by atoms with Gasteiger partial charge in [0.05, 0.1) is 48.0 Å². The van der Waals surface area contributed by atoms with Crippen LogP contribution in [-0.2, 0) is 55.5 Å². The zero-order valence-electron chi connectivity index (χ0n) is 60.6. The number of esters is 1. The van der Waals surface area contributed by atoms with Crippen LogP contribution >= 0.6 is 0 Å². The molecule has 12 atom stereocenters. The number of carbonyl (C=O) groups excluding carboxylic acids is 4. The standard InChI is InChI=1S/C31H35F2N3O3S.C19H24F2N2O3.C18H24F2N2O2.C13H13NO2S/c1-22(20-35(26-10-6-3-7-11-26)40(38,39)21-23-8-4-2-5-9-23)36-27-13-14-28(36)17-24(16-27)18-31(37)34-30-15-12-25(32)19-29(30)33;1-11(19(25)26-2)23-14-4-5-15(23)8-12(7-14)9-18(24)22-17-6-3-13(20)10-16(17)21;1-11(10-23)22-14-3-4-15(22)7-12(6-14)8-18(24)21-17-5-2-13(19)9-16(17)20;15-17(16,11-12-7-3-1-4-8-12)14-13-9-5-2-6-10-13/h2-12,15,19,22,24,27-28H,13-14,16-18,20-21H2,1H3,(H,34,37);3,6,10-12,14-15H,4-5,7-9H2,1-2H3,(H,22,24);2,5,9,11-12,14-15,23H,3-4,6-8,10H2,1H3,(H,21,24);1-10,14H,11H2/t22-,24?,27+,28?;2*11-,12?,14+,15?;/m111./s1. The molecule has 0 spiro atoms. The fourth-order valence-corrected chi connectivity index (χ4v) is 19.6. The van der Waals surface area contributed by atoms with Gasteiger partial charge in [-0.25, -0.2) is 43.2 Å². The lowest BCUT2D eigenvalue weighted by Crippen LogP contribution is -2.52. The normalized spacial score (nSPS) is 22.5. The largest absolute Gasteiger partial charge is 0.468 e. The van der Waals surface area contributed by atoms with Crippen molar-refractivity contribution in [2.75, 3.05) is 45.2 Å². The molecule has 5 N–H and O–H groups in total. The Bertz CT molecular complexity index is 4270. The molecule has 6 saturated heterocycles. The number of nitrogens with one attached hydrogen (secondary N) is 4. The summed E-state index contributed by atoms with van der Waals surface area (Å²) in [5.41, 5.74) is 2.76. The molecule has 6 unspecified atom stereocenters. The van der Waals surface area contributed by atoms with Crippen molar-refractivity contribution < 1.29 is 72.2 Å². The highest BCUT2D eigenvalue weighted by Gasteiger charge is 2.47. The Morgan fingerprint density at radius 2 is 0.804 bits per heavy atom. The number of para-hydroxylation sites is 2. The second kappa shape index (κ2) is 37.4. The van der Waals surface area contributed by atoms with E-state index in [-0.39, 0.29) is 125 Å². The van der Waals surface area contributed by atoms with Crippen molar-refractivity contribution in [3.05, 3.63) is 222 Å². The molecule has 574 valence electrons. The van der Waals surface area contributed by atoms with Gasteiger partial charge in [-0.15, -0.1) is 0 Å². The van der Waals surface area contributed by atoms with Gasteiger partial charge in [0.15, 0.2) is 0 Å². The van der Waals surface area contributed by atoms with Crippen LogP contribution in [0.3, 0.4) is 0 Å². The highest BCUT2D eigenvalue weighted by atomic mass is 32.2. The first-order valence-corrected chi connectivity index (χ1v) is 39.9. The Kier molecular flexibility index (Phi) is 28.3. The minimum atomic E-state index is -3.64. The number of aliphatic hydroxyl groups excluding tert-OH is 1. The van der Waals surface area contributed by atoms with Gasteiger partial charge >= 0.3 is 5.97 Å². The van der Waals surface area contributed by atoms with E-state index >= 15 is 0 Å². The number of carbonyl (C=O) groups is 4. The summed E-state index contributed by atoms with van der Waals surface area (Å²) in [6, 6.07) is 47.6. The zero-order valence-corrected chi connectivity index (χ0v) is 62.2. The van der Waals surface area contributed by atoms with Gasteiger partial charge in [-0.1, -0.05) is 97.1 Å². The number of ether oxygens (including phenoxy) is 1. The first-order chi connectivity index (χ1) is 51.2. The molecule has 0 aliphatic carbocycles. The molecule has 13 rings (SSSR count). The van der Waals surface area contributed by atoms with Gasteiger partial charge in [-0.2, -0.15) is 0 Å². The molecule has 18 nitrogen and oxygen atoms in total. The predicted molar refractivity (Wildman–Crippen MR) is 402 cm³/mol. The molecule has 6 aliphatic rings. The fraction of sp³-hybridized carbons (Fsp3) is 0.432. The third-order valence-electron chi connectivity index (χ3n) is 21.2. The lowest BCUT2D eigenvalue weighted by atomic mass is 9.87. The Morgan fingerprint density at radius 1 is 0.467 bits per heavy atom. The highest BCUT2D eigenvalue weighted by molar-refractivity contribution is 7.92. The molecule has 3 amide bonds. The third-order valence-corrected chi connectivity index (χ3v) is 24.2. The first kappa shape index (κ1) is 80.9. The van der Waals surface area contributed by atoms with Crippen molar-refractivity contribution in [2.24, 2.45) is 17.8 Å². The third kappa shape index (κ3) is 22.5. The van der Waals surface area contributed by atoms with Crippen LogP contribution in [0, 0.1) is 52.7 Å². The van der Waals surface area contributed by atoms with Gasteiger partial charge in [-0.05, 0) is 187 Å². The Hall–Kier alpha value is -8.66. The molecule has 0 aromatic heterocycles. The summed E-state index contributed by atoms with van der Waals surface area (Å²) in [6.45, 7) is 6.48. The van der Waals surface area contributed by atoms with Crippen LogP contribution in [0.1, 0.15) is 128 Å². The molecule has 107 heavy (non-hydrogen) atoms. The number of hydrogen-bond acceptors (Lipinski definition) is 13. The van der Waals surface area contributed by atoms with E-state index in [0.29, 0.717) is 42.8 Å². The van der Waals surface area contributed by atoms with E-state index in [1.165, 1.54) is 25.3 Å². The number of hydrogen-bond donors (Lipinski definition) is 5. The number of anilines is 5. The van der Waals surface area contributed by atoms with Crippen LogP contribution < -0.4 is 25.0 Å². The predicted octanol–water partition coefficient (Wildman–Crippen LogP) is 14.6. The summed E-state index contributed by atoms with van der Waals surface area (Å²) in [6.07, 6.45) is 12.3. The topological polar surface area (TPSA) is 227 Å². The monoisotopic (exact) mass is 1520 g/mol. The number of fused-ring (bicyclic) bond motifs is 6. The van der Waals surface area contributed by atoms with E-state index in [0.717, 1.165) is 125 Å². The molecule has 6 aliphatic heterocycles. The molecule has 7 aromatic carbocycles. The average molecular weight is 1520 g/mol. The second-order valence-electron chi connectivity index (χ2n) is 29.0. The number of halogens is 6. The van der Waals surface area contributed by atoms with Gasteiger partial charge < -0.3 is 25.8 Å². The van der Waals surface area contributed by atoms with Crippen LogP contribution in [0.2, 0.25) is 0 Å². The maximum Gasteiger partial charge on any atom is 0.322 e. The van der Waals surface area contributed by atoms with E-state index in [1.807, 2.05) is 98.8 Å². The lowest BCUT2D eigenvalue weighted by Gasteiger charge is -2.43. The molecule has 26 heteroatoms. The number of sulfonamides is 2. The Morgan fingerprint density at radius 3 is 1.16 bits per heavy atom. The zero-order chi connectivity index (χ0) is 76.5. The number of methoxy groups -OCH3 is 1. The maximum atomic E-state index is 14.0. The van der Waals surface area contributed by atoms with Crippen LogP contribution in [0.4, 0.5) is 54.8 Å². The molecule has 0 saturated carbocycles. The Labute approximate surface area is 623 Å². The summed E-state index contributed by atoms with van der Waals surface area (Å²) in [5.74, 6) is -4.83. The van der Waals surface area contributed by atoms with Gasteiger partial charge in [0.1, 0.15) is 40.9 Å². The van der Waals surface area contributed by atoms with Crippen LogP contribution in [0.15, 0.2) is 176 Å². The van der Waals surface area contributed by atoms with Crippen molar-refractivity contribution in [2.45, 2.75) is 183 Å². The van der Waals surface area contributed by atoms with Crippen molar-refractivity contribution in [1.29, 1.82) is 0 Å². The maximum absolute atomic E-state index is 14.0. The molecule has 6 fully saturated rings.